The molecule has 106 valence electrons. The van der Waals surface area contributed by atoms with E-state index in [2.05, 4.69) is 25.0 Å². The highest BCUT2D eigenvalue weighted by Gasteiger charge is 2.20. The Labute approximate surface area is 117 Å². The van der Waals surface area contributed by atoms with E-state index in [0.29, 0.717) is 12.4 Å². The second-order valence-electron chi connectivity index (χ2n) is 3.95. The van der Waals surface area contributed by atoms with Crippen molar-refractivity contribution in [3.63, 3.8) is 0 Å². The van der Waals surface area contributed by atoms with Crippen molar-refractivity contribution in [2.75, 3.05) is 16.6 Å². The summed E-state index contributed by atoms with van der Waals surface area (Å²) in [5.74, 6) is 0.343. The van der Waals surface area contributed by atoms with Gasteiger partial charge in [0.2, 0.25) is 5.95 Å². The molecule has 0 saturated heterocycles. The van der Waals surface area contributed by atoms with Gasteiger partial charge < -0.3 is 5.32 Å². The molecule has 0 aliphatic heterocycles. The molecule has 0 radical (unpaired) electrons. The summed E-state index contributed by atoms with van der Waals surface area (Å²) in [5, 5.41) is 2.98. The molecule has 0 aliphatic rings. The molecule has 0 saturated carbocycles. The number of anilines is 2. The maximum Gasteiger partial charge on any atom is 0.267 e. The summed E-state index contributed by atoms with van der Waals surface area (Å²) in [4.78, 5) is 11.8. The van der Waals surface area contributed by atoms with E-state index in [4.69, 9.17) is 0 Å². The molecular weight excluding hydrogens is 278 g/mol. The highest BCUT2D eigenvalue weighted by Crippen LogP contribution is 2.19. The number of aromatic nitrogens is 3. The first-order chi connectivity index (χ1) is 9.63. The molecule has 0 spiro atoms. The van der Waals surface area contributed by atoms with E-state index < -0.39 is 10.0 Å². The van der Waals surface area contributed by atoms with E-state index in [1.807, 2.05) is 6.92 Å². The summed E-state index contributed by atoms with van der Waals surface area (Å²) in [6.07, 6.45) is 5.33. The van der Waals surface area contributed by atoms with E-state index in [9.17, 15) is 8.42 Å². The van der Waals surface area contributed by atoms with Crippen molar-refractivity contribution in [2.24, 2.45) is 0 Å². The highest BCUT2D eigenvalue weighted by atomic mass is 32.2. The van der Waals surface area contributed by atoms with Crippen molar-refractivity contribution in [3.05, 3.63) is 36.8 Å². The lowest BCUT2D eigenvalue weighted by Crippen LogP contribution is -2.17. The summed E-state index contributed by atoms with van der Waals surface area (Å²) in [6.45, 7) is 2.63. The SMILES string of the molecule is CCCNc1ncccc1S(=O)(=O)Nc1ncccn1. The minimum atomic E-state index is -3.77. The fraction of sp³-hybridized carbons (Fsp3) is 0.250. The molecule has 2 aromatic rings. The van der Waals surface area contributed by atoms with E-state index in [1.165, 1.54) is 24.7 Å². The van der Waals surface area contributed by atoms with Crippen LogP contribution in [0.25, 0.3) is 0 Å². The zero-order valence-electron chi connectivity index (χ0n) is 10.9. The van der Waals surface area contributed by atoms with Crippen LogP contribution in [0.5, 0.6) is 0 Å². The average Bonchev–Trinajstić information content (AvgIpc) is 2.46. The standard InChI is InChI=1S/C12H15N5O2S/c1-2-6-13-11-10(5-3-7-14-11)20(18,19)17-12-15-8-4-9-16-12/h3-5,7-9H,2,6H2,1H3,(H,13,14)(H,15,16,17). The minimum Gasteiger partial charge on any atom is -0.369 e. The molecule has 2 heterocycles. The Balaban J connectivity index is 2.30. The zero-order valence-corrected chi connectivity index (χ0v) is 11.8. The second-order valence-corrected chi connectivity index (χ2v) is 5.61. The minimum absolute atomic E-state index is 0.0257. The Kier molecular flexibility index (Phi) is 4.46. The number of sulfonamides is 1. The van der Waals surface area contributed by atoms with Crippen molar-refractivity contribution in [1.29, 1.82) is 0 Å². The van der Waals surface area contributed by atoms with Gasteiger partial charge >= 0.3 is 0 Å². The quantitative estimate of drug-likeness (QED) is 0.837. The molecule has 0 unspecified atom stereocenters. The lowest BCUT2D eigenvalue weighted by atomic mass is 10.4. The third kappa shape index (κ3) is 3.41. The summed E-state index contributed by atoms with van der Waals surface area (Å²) in [5.41, 5.74) is 0. The molecule has 2 aromatic heterocycles. The molecule has 2 rings (SSSR count). The van der Waals surface area contributed by atoms with Gasteiger partial charge in [-0.2, -0.15) is 0 Å². The van der Waals surface area contributed by atoms with E-state index in [0.717, 1.165) is 6.42 Å². The van der Waals surface area contributed by atoms with Gasteiger partial charge in [-0.25, -0.2) is 28.1 Å². The summed E-state index contributed by atoms with van der Waals surface area (Å²) < 4.78 is 27.0. The molecule has 2 N–H and O–H groups in total. The molecule has 0 atom stereocenters. The van der Waals surface area contributed by atoms with Crippen molar-refractivity contribution in [3.8, 4) is 0 Å². The molecule has 7 nitrogen and oxygen atoms in total. The van der Waals surface area contributed by atoms with Crippen LogP contribution in [0.2, 0.25) is 0 Å². The number of nitrogens with zero attached hydrogens (tertiary/aromatic N) is 3. The van der Waals surface area contributed by atoms with Gasteiger partial charge in [0.25, 0.3) is 10.0 Å². The first-order valence-electron chi connectivity index (χ1n) is 6.12. The summed E-state index contributed by atoms with van der Waals surface area (Å²) in [7, 11) is -3.77. The van der Waals surface area contributed by atoms with Crippen LogP contribution >= 0.6 is 0 Å². The molecule has 0 amide bonds. The van der Waals surface area contributed by atoms with Crippen molar-refractivity contribution in [1.82, 2.24) is 15.0 Å². The van der Waals surface area contributed by atoms with Gasteiger partial charge in [0.1, 0.15) is 10.7 Å². The maximum atomic E-state index is 12.3. The van der Waals surface area contributed by atoms with Gasteiger partial charge in [0.05, 0.1) is 0 Å². The smallest absolute Gasteiger partial charge is 0.267 e. The van der Waals surface area contributed by atoms with E-state index in [1.54, 1.807) is 12.1 Å². The molecule has 0 bridgehead atoms. The molecule has 0 aliphatic carbocycles. The van der Waals surface area contributed by atoms with Gasteiger partial charge in [-0.1, -0.05) is 6.92 Å². The molecule has 20 heavy (non-hydrogen) atoms. The Morgan fingerprint density at radius 3 is 2.50 bits per heavy atom. The fourth-order valence-electron chi connectivity index (χ4n) is 1.51. The fourth-order valence-corrected chi connectivity index (χ4v) is 2.60. The van der Waals surface area contributed by atoms with Crippen LogP contribution in [-0.4, -0.2) is 29.9 Å². The molecular formula is C12H15N5O2S. The predicted octanol–water partition coefficient (Wildman–Crippen LogP) is 1.49. The number of pyridine rings is 1. The van der Waals surface area contributed by atoms with Gasteiger partial charge in [-0.05, 0) is 24.6 Å². The van der Waals surface area contributed by atoms with Crippen LogP contribution in [0.15, 0.2) is 41.7 Å². The lowest BCUT2D eigenvalue weighted by Gasteiger charge is -2.11. The van der Waals surface area contributed by atoms with Gasteiger partial charge in [0, 0.05) is 25.1 Å². The largest absolute Gasteiger partial charge is 0.369 e. The number of hydrogen-bond donors (Lipinski definition) is 2. The predicted molar refractivity (Wildman–Crippen MR) is 75.9 cm³/mol. The van der Waals surface area contributed by atoms with Crippen LogP contribution in [0.4, 0.5) is 11.8 Å². The topological polar surface area (TPSA) is 96.9 Å². The Morgan fingerprint density at radius 2 is 1.80 bits per heavy atom. The Hall–Kier alpha value is -2.22. The normalized spacial score (nSPS) is 11.1. The lowest BCUT2D eigenvalue weighted by molar-refractivity contribution is 0.600. The van der Waals surface area contributed by atoms with Crippen LogP contribution in [-0.2, 0) is 10.0 Å². The van der Waals surface area contributed by atoms with Crippen LogP contribution < -0.4 is 10.0 Å². The molecule has 0 aromatic carbocycles. The van der Waals surface area contributed by atoms with Gasteiger partial charge in [-0.15, -0.1) is 0 Å². The molecule has 0 fully saturated rings. The van der Waals surface area contributed by atoms with Crippen molar-refractivity contribution >= 4 is 21.8 Å². The number of nitrogens with one attached hydrogen (secondary N) is 2. The van der Waals surface area contributed by atoms with Crippen LogP contribution in [0.3, 0.4) is 0 Å². The van der Waals surface area contributed by atoms with E-state index in [-0.39, 0.29) is 10.8 Å². The Morgan fingerprint density at radius 1 is 1.10 bits per heavy atom. The highest BCUT2D eigenvalue weighted by molar-refractivity contribution is 7.92. The third-order valence-corrected chi connectivity index (χ3v) is 3.75. The maximum absolute atomic E-state index is 12.3. The van der Waals surface area contributed by atoms with Crippen LogP contribution in [0, 0.1) is 0 Å². The summed E-state index contributed by atoms with van der Waals surface area (Å²) >= 11 is 0. The third-order valence-electron chi connectivity index (χ3n) is 2.39. The monoisotopic (exact) mass is 293 g/mol. The Bertz CT molecular complexity index is 661. The van der Waals surface area contributed by atoms with Gasteiger partial charge in [-0.3, -0.25) is 0 Å². The average molecular weight is 293 g/mol. The first-order valence-corrected chi connectivity index (χ1v) is 7.60. The second kappa shape index (κ2) is 6.29. The first kappa shape index (κ1) is 14.2. The number of rotatable bonds is 6. The van der Waals surface area contributed by atoms with Crippen molar-refractivity contribution in [2.45, 2.75) is 18.2 Å². The van der Waals surface area contributed by atoms with Crippen molar-refractivity contribution < 1.29 is 8.42 Å². The van der Waals surface area contributed by atoms with Gasteiger partial charge in [0.15, 0.2) is 0 Å². The van der Waals surface area contributed by atoms with Crippen LogP contribution in [0.1, 0.15) is 13.3 Å². The summed E-state index contributed by atoms with van der Waals surface area (Å²) in [6, 6.07) is 4.66. The zero-order chi connectivity index (χ0) is 14.4. The van der Waals surface area contributed by atoms with E-state index >= 15 is 0 Å². The molecule has 8 heteroatoms. The number of hydrogen-bond acceptors (Lipinski definition) is 6.